The summed E-state index contributed by atoms with van der Waals surface area (Å²) in [7, 11) is 1.84. The first kappa shape index (κ1) is 19.5. The van der Waals surface area contributed by atoms with Crippen molar-refractivity contribution in [3.63, 3.8) is 0 Å². The van der Waals surface area contributed by atoms with Crippen LogP contribution in [0, 0.1) is 19.7 Å². The normalized spacial score (nSPS) is 12.0. The number of benzene rings is 1. The molecule has 0 radical (unpaired) electrons. The summed E-state index contributed by atoms with van der Waals surface area (Å²) in [5, 5.41) is 11.5. The van der Waals surface area contributed by atoms with Gasteiger partial charge >= 0.3 is 0 Å². The van der Waals surface area contributed by atoms with Crippen LogP contribution in [0.1, 0.15) is 29.9 Å². The Labute approximate surface area is 161 Å². The van der Waals surface area contributed by atoms with E-state index in [1.165, 1.54) is 22.9 Å². The van der Waals surface area contributed by atoms with Crippen LogP contribution in [0.15, 0.2) is 41.2 Å². The second-order valence-electron chi connectivity index (χ2n) is 6.69. The van der Waals surface area contributed by atoms with Crippen molar-refractivity contribution in [1.82, 2.24) is 24.9 Å². The lowest BCUT2D eigenvalue weighted by molar-refractivity contribution is -0.124. The molecule has 1 amide bonds. The predicted molar refractivity (Wildman–Crippen MR) is 103 cm³/mol. The highest BCUT2D eigenvalue weighted by Gasteiger charge is 2.20. The summed E-state index contributed by atoms with van der Waals surface area (Å²) in [5.74, 6) is -0.687. The first-order valence-corrected chi connectivity index (χ1v) is 8.90. The van der Waals surface area contributed by atoms with Crippen LogP contribution in [0.2, 0.25) is 0 Å². The van der Waals surface area contributed by atoms with Gasteiger partial charge in [-0.05, 0) is 44.5 Å². The topological polar surface area (TPSA) is 81.8 Å². The largest absolute Gasteiger partial charge is 0.350 e. The Hall–Kier alpha value is -3.29. The molecular weight excluding hydrogens is 361 g/mol. The fourth-order valence-corrected chi connectivity index (χ4v) is 3.03. The van der Waals surface area contributed by atoms with Crippen LogP contribution in [0.25, 0.3) is 11.3 Å². The van der Waals surface area contributed by atoms with E-state index in [9.17, 15) is 14.0 Å². The van der Waals surface area contributed by atoms with E-state index in [4.69, 9.17) is 0 Å². The number of carbonyl (C=O) groups is 1. The smallest absolute Gasteiger partial charge is 0.267 e. The zero-order chi connectivity index (χ0) is 20.4. The number of amides is 1. The molecular formula is C20H22FN5O2. The molecule has 0 spiro atoms. The zero-order valence-electron chi connectivity index (χ0n) is 16.2. The Bertz CT molecular complexity index is 1070. The van der Waals surface area contributed by atoms with Crippen LogP contribution in [0.4, 0.5) is 4.39 Å². The minimum absolute atomic E-state index is 0.235. The Morgan fingerprint density at radius 1 is 1.14 bits per heavy atom. The molecule has 0 bridgehead atoms. The van der Waals surface area contributed by atoms with Gasteiger partial charge in [-0.2, -0.15) is 10.2 Å². The lowest BCUT2D eigenvalue weighted by Crippen LogP contribution is -2.36. The molecule has 0 aliphatic rings. The average molecular weight is 383 g/mol. The van der Waals surface area contributed by atoms with Crippen LogP contribution in [0.5, 0.6) is 0 Å². The fraction of sp³-hybridized carbons (Fsp3) is 0.300. The molecule has 1 N–H and O–H groups in total. The van der Waals surface area contributed by atoms with Gasteiger partial charge in [0.15, 0.2) is 0 Å². The molecule has 3 aromatic rings. The Morgan fingerprint density at radius 2 is 1.82 bits per heavy atom. The third-order valence-electron chi connectivity index (χ3n) is 4.72. The van der Waals surface area contributed by atoms with E-state index in [0.717, 1.165) is 22.5 Å². The van der Waals surface area contributed by atoms with Crippen LogP contribution in [-0.2, 0) is 18.4 Å². The van der Waals surface area contributed by atoms with E-state index >= 15 is 0 Å². The van der Waals surface area contributed by atoms with Crippen LogP contribution in [-0.4, -0.2) is 25.5 Å². The second kappa shape index (κ2) is 7.75. The highest BCUT2D eigenvalue weighted by molar-refractivity contribution is 5.79. The quantitative estimate of drug-likeness (QED) is 0.733. The minimum atomic E-state index is -0.801. The molecule has 146 valence electrons. The van der Waals surface area contributed by atoms with Gasteiger partial charge in [-0.1, -0.05) is 12.1 Å². The predicted octanol–water partition coefficient (Wildman–Crippen LogP) is 2.28. The summed E-state index contributed by atoms with van der Waals surface area (Å²) in [6.45, 7) is 5.64. The lowest BCUT2D eigenvalue weighted by Gasteiger charge is -2.15. The van der Waals surface area contributed by atoms with Crippen molar-refractivity contribution in [2.45, 2.75) is 33.4 Å². The standard InChI is InChI=1S/C20H22FN5O2/c1-12-19(13(2)25(4)23-12)17-9-10-18(27)26(24-17)14(3)20(28)22-11-15-5-7-16(21)8-6-15/h5-10,14H,11H2,1-4H3,(H,22,28)/t14-/m1/s1. The number of nitrogens with zero attached hydrogens (tertiary/aromatic N) is 4. The zero-order valence-corrected chi connectivity index (χ0v) is 16.2. The third kappa shape index (κ3) is 3.85. The number of carbonyl (C=O) groups excluding carboxylic acids is 1. The van der Waals surface area contributed by atoms with Crippen LogP contribution < -0.4 is 10.9 Å². The van der Waals surface area contributed by atoms with Crippen molar-refractivity contribution in [1.29, 1.82) is 0 Å². The first-order valence-electron chi connectivity index (χ1n) is 8.90. The van der Waals surface area contributed by atoms with E-state index in [0.29, 0.717) is 5.69 Å². The number of nitrogens with one attached hydrogen (secondary N) is 1. The van der Waals surface area contributed by atoms with Gasteiger partial charge < -0.3 is 5.32 Å². The molecule has 0 saturated carbocycles. The van der Waals surface area contributed by atoms with Gasteiger partial charge in [-0.25, -0.2) is 9.07 Å². The van der Waals surface area contributed by atoms with Gasteiger partial charge in [0.2, 0.25) is 5.91 Å². The molecule has 0 unspecified atom stereocenters. The fourth-order valence-electron chi connectivity index (χ4n) is 3.03. The van der Waals surface area contributed by atoms with E-state index in [-0.39, 0.29) is 23.8 Å². The lowest BCUT2D eigenvalue weighted by atomic mass is 10.1. The van der Waals surface area contributed by atoms with E-state index in [1.807, 2.05) is 20.9 Å². The number of aryl methyl sites for hydroxylation is 2. The number of halogens is 1. The molecule has 28 heavy (non-hydrogen) atoms. The SMILES string of the molecule is Cc1nn(C)c(C)c1-c1ccc(=O)n([C@H](C)C(=O)NCc2ccc(F)cc2)n1. The summed E-state index contributed by atoms with van der Waals surface area (Å²) >= 11 is 0. The number of hydrogen-bond acceptors (Lipinski definition) is 4. The summed E-state index contributed by atoms with van der Waals surface area (Å²) in [6.07, 6.45) is 0. The van der Waals surface area contributed by atoms with Crippen molar-refractivity contribution in [3.05, 3.63) is 69.5 Å². The maximum Gasteiger partial charge on any atom is 0.267 e. The van der Waals surface area contributed by atoms with E-state index < -0.39 is 6.04 Å². The van der Waals surface area contributed by atoms with Crippen molar-refractivity contribution in [2.75, 3.05) is 0 Å². The molecule has 0 aliphatic carbocycles. The molecule has 0 saturated heterocycles. The molecule has 8 heteroatoms. The van der Waals surface area contributed by atoms with Gasteiger partial charge in [0.05, 0.1) is 11.4 Å². The molecule has 0 fully saturated rings. The van der Waals surface area contributed by atoms with Gasteiger partial charge in [0.1, 0.15) is 11.9 Å². The minimum Gasteiger partial charge on any atom is -0.350 e. The molecule has 0 aliphatic heterocycles. The van der Waals surface area contributed by atoms with Crippen molar-refractivity contribution < 1.29 is 9.18 Å². The molecule has 2 aromatic heterocycles. The first-order chi connectivity index (χ1) is 13.3. The molecule has 3 rings (SSSR count). The third-order valence-corrected chi connectivity index (χ3v) is 4.72. The maximum absolute atomic E-state index is 13.0. The van der Waals surface area contributed by atoms with Crippen LogP contribution >= 0.6 is 0 Å². The van der Waals surface area contributed by atoms with E-state index in [1.54, 1.807) is 29.8 Å². The Balaban J connectivity index is 1.82. The van der Waals surface area contributed by atoms with Crippen molar-refractivity contribution in [3.8, 4) is 11.3 Å². The van der Waals surface area contributed by atoms with Gasteiger partial charge in [0, 0.05) is 30.9 Å². The summed E-state index contributed by atoms with van der Waals surface area (Å²) in [5.41, 5.74) is 3.54. The number of aromatic nitrogens is 4. The van der Waals surface area contributed by atoms with Crippen molar-refractivity contribution in [2.24, 2.45) is 7.05 Å². The van der Waals surface area contributed by atoms with Gasteiger partial charge in [0.25, 0.3) is 5.56 Å². The monoisotopic (exact) mass is 383 g/mol. The van der Waals surface area contributed by atoms with Gasteiger partial charge in [-0.3, -0.25) is 14.3 Å². The molecule has 1 atom stereocenters. The number of hydrogen-bond donors (Lipinski definition) is 1. The van der Waals surface area contributed by atoms with E-state index in [2.05, 4.69) is 15.5 Å². The maximum atomic E-state index is 13.0. The summed E-state index contributed by atoms with van der Waals surface area (Å²) < 4.78 is 15.9. The second-order valence-corrected chi connectivity index (χ2v) is 6.69. The Morgan fingerprint density at radius 3 is 2.43 bits per heavy atom. The van der Waals surface area contributed by atoms with Gasteiger partial charge in [-0.15, -0.1) is 0 Å². The van der Waals surface area contributed by atoms with Crippen molar-refractivity contribution >= 4 is 5.91 Å². The Kier molecular flexibility index (Phi) is 5.39. The highest BCUT2D eigenvalue weighted by Crippen LogP contribution is 2.24. The molecule has 2 heterocycles. The summed E-state index contributed by atoms with van der Waals surface area (Å²) in [4.78, 5) is 24.8. The summed E-state index contributed by atoms with van der Waals surface area (Å²) in [6, 6.07) is 8.10. The average Bonchev–Trinajstić information content (AvgIpc) is 2.93. The molecule has 7 nitrogen and oxygen atoms in total. The van der Waals surface area contributed by atoms with Crippen LogP contribution in [0.3, 0.4) is 0 Å². The number of rotatable bonds is 5. The molecule has 1 aromatic carbocycles. The highest BCUT2D eigenvalue weighted by atomic mass is 19.1.